The van der Waals surface area contributed by atoms with Gasteiger partial charge in [-0.15, -0.1) is 0 Å². The molecule has 2 aliphatic rings. The fourth-order valence-electron chi connectivity index (χ4n) is 5.53. The quantitative estimate of drug-likeness (QED) is 0.490. The van der Waals surface area contributed by atoms with Crippen molar-refractivity contribution in [1.82, 2.24) is 19.4 Å². The summed E-state index contributed by atoms with van der Waals surface area (Å²) in [5.74, 6) is 0.659. The second kappa shape index (κ2) is 10.5. The Morgan fingerprint density at radius 3 is 2.25 bits per heavy atom. The summed E-state index contributed by atoms with van der Waals surface area (Å²) in [6.45, 7) is 13.6. The van der Waals surface area contributed by atoms with Crippen LogP contribution < -0.4 is 4.90 Å². The van der Waals surface area contributed by atoms with E-state index in [1.165, 1.54) is 42.6 Å². The highest BCUT2D eigenvalue weighted by atomic mass is 16.6. The standard InChI is InChI=1S/C29H39N5O2/c1-21(2)31-13-10-25(11-14-31)23-5-7-24(8-6-23)26-19-28-27(9-12-30-34(28)20-26)32-15-17-33(18-16-32)29(35)36-22(3)4/h5-9,12,19-22,25H,10-11,13-18H2,1-4H3. The Balaban J connectivity index is 1.28. The molecule has 7 nitrogen and oxygen atoms in total. The molecule has 2 fully saturated rings. The maximum atomic E-state index is 12.3. The van der Waals surface area contributed by atoms with E-state index in [2.05, 4.69) is 71.3 Å². The molecular weight excluding hydrogens is 450 g/mol. The molecule has 0 unspecified atom stereocenters. The number of fused-ring (bicyclic) bond motifs is 1. The van der Waals surface area contributed by atoms with Crippen molar-refractivity contribution in [3.05, 3.63) is 54.4 Å². The van der Waals surface area contributed by atoms with Crippen molar-refractivity contribution in [3.63, 3.8) is 0 Å². The maximum Gasteiger partial charge on any atom is 0.410 e. The summed E-state index contributed by atoms with van der Waals surface area (Å²) in [7, 11) is 0. The number of rotatable bonds is 5. The summed E-state index contributed by atoms with van der Waals surface area (Å²) in [4.78, 5) is 19.0. The maximum absolute atomic E-state index is 12.3. The fourth-order valence-corrected chi connectivity index (χ4v) is 5.53. The van der Waals surface area contributed by atoms with Gasteiger partial charge in [0.2, 0.25) is 0 Å². The summed E-state index contributed by atoms with van der Waals surface area (Å²) in [5.41, 5.74) is 6.10. The summed E-state index contributed by atoms with van der Waals surface area (Å²) in [6.07, 6.45) is 6.14. The molecular formula is C29H39N5O2. The number of nitrogens with zero attached hydrogens (tertiary/aromatic N) is 5. The first kappa shape index (κ1) is 24.6. The number of piperidine rings is 1. The molecule has 4 heterocycles. The van der Waals surface area contributed by atoms with Crippen molar-refractivity contribution < 1.29 is 9.53 Å². The van der Waals surface area contributed by atoms with E-state index in [-0.39, 0.29) is 12.2 Å². The average molecular weight is 490 g/mol. The molecule has 1 amide bonds. The van der Waals surface area contributed by atoms with Crippen LogP contribution >= 0.6 is 0 Å². The molecule has 0 atom stereocenters. The van der Waals surface area contributed by atoms with E-state index in [0.29, 0.717) is 25.0 Å². The number of carbonyl (C=O) groups is 1. The number of amides is 1. The first-order chi connectivity index (χ1) is 17.4. The summed E-state index contributed by atoms with van der Waals surface area (Å²) < 4.78 is 7.34. The first-order valence-corrected chi connectivity index (χ1v) is 13.4. The number of piperazine rings is 1. The number of hydrogen-bond donors (Lipinski definition) is 0. The van der Waals surface area contributed by atoms with Gasteiger partial charge in [0.1, 0.15) is 0 Å². The zero-order valence-corrected chi connectivity index (χ0v) is 22.1. The van der Waals surface area contributed by atoms with Gasteiger partial charge in [0.05, 0.1) is 17.3 Å². The number of benzene rings is 1. The van der Waals surface area contributed by atoms with Gasteiger partial charge in [-0.25, -0.2) is 9.31 Å². The van der Waals surface area contributed by atoms with Gasteiger partial charge in [0, 0.05) is 50.2 Å². The lowest BCUT2D eigenvalue weighted by Gasteiger charge is -2.35. The molecule has 2 saturated heterocycles. The molecule has 1 aromatic carbocycles. The summed E-state index contributed by atoms with van der Waals surface area (Å²) in [6, 6.07) is 14.1. The van der Waals surface area contributed by atoms with Crippen molar-refractivity contribution in [3.8, 4) is 11.1 Å². The van der Waals surface area contributed by atoms with Crippen LogP contribution in [0.2, 0.25) is 0 Å². The van der Waals surface area contributed by atoms with Crippen LogP contribution in [0.5, 0.6) is 0 Å². The van der Waals surface area contributed by atoms with E-state index in [9.17, 15) is 4.79 Å². The number of likely N-dealkylation sites (tertiary alicyclic amines) is 1. The van der Waals surface area contributed by atoms with Crippen LogP contribution in [0.3, 0.4) is 0 Å². The Morgan fingerprint density at radius 1 is 0.917 bits per heavy atom. The average Bonchev–Trinajstić information content (AvgIpc) is 3.33. The number of anilines is 1. The van der Waals surface area contributed by atoms with Gasteiger partial charge in [-0.3, -0.25) is 0 Å². The zero-order valence-electron chi connectivity index (χ0n) is 22.1. The monoisotopic (exact) mass is 489 g/mol. The van der Waals surface area contributed by atoms with E-state index >= 15 is 0 Å². The lowest BCUT2D eigenvalue weighted by atomic mass is 9.88. The molecule has 5 rings (SSSR count). The van der Waals surface area contributed by atoms with Crippen molar-refractivity contribution in [2.24, 2.45) is 0 Å². The van der Waals surface area contributed by atoms with Crippen molar-refractivity contribution in [2.45, 2.75) is 58.6 Å². The molecule has 36 heavy (non-hydrogen) atoms. The SMILES string of the molecule is CC(C)OC(=O)N1CCN(c2ccnn3cc(-c4ccc(C5CCN(C(C)C)CC5)cc4)cc23)CC1. The lowest BCUT2D eigenvalue weighted by Crippen LogP contribution is -2.49. The van der Waals surface area contributed by atoms with Gasteiger partial charge in [-0.1, -0.05) is 24.3 Å². The third-order valence-electron chi connectivity index (χ3n) is 7.68. The number of hydrogen-bond acceptors (Lipinski definition) is 5. The van der Waals surface area contributed by atoms with Crippen molar-refractivity contribution in [2.75, 3.05) is 44.2 Å². The second-order valence-electron chi connectivity index (χ2n) is 10.7. The first-order valence-electron chi connectivity index (χ1n) is 13.4. The van der Waals surface area contributed by atoms with Crippen LogP contribution in [-0.2, 0) is 4.74 Å². The molecule has 0 aliphatic carbocycles. The van der Waals surface area contributed by atoms with E-state index in [0.717, 1.165) is 24.3 Å². The molecule has 2 aromatic heterocycles. The van der Waals surface area contributed by atoms with Crippen molar-refractivity contribution >= 4 is 17.3 Å². The van der Waals surface area contributed by atoms with Gasteiger partial charge >= 0.3 is 6.09 Å². The molecule has 3 aromatic rings. The predicted molar refractivity (Wildman–Crippen MR) is 145 cm³/mol. The van der Waals surface area contributed by atoms with Crippen LogP contribution in [0.1, 0.15) is 52.0 Å². The molecule has 0 bridgehead atoms. The molecule has 0 spiro atoms. The van der Waals surface area contributed by atoms with Crippen LogP contribution in [0.25, 0.3) is 16.6 Å². The third-order valence-corrected chi connectivity index (χ3v) is 7.68. The highest BCUT2D eigenvalue weighted by Gasteiger charge is 2.25. The Kier molecular flexibility index (Phi) is 7.19. The molecule has 2 aliphatic heterocycles. The minimum Gasteiger partial charge on any atom is -0.447 e. The largest absolute Gasteiger partial charge is 0.447 e. The van der Waals surface area contributed by atoms with Crippen LogP contribution in [0.15, 0.2) is 48.8 Å². The topological polar surface area (TPSA) is 53.3 Å². The Labute approximate surface area is 214 Å². The third kappa shape index (κ3) is 5.21. The fraction of sp³-hybridized carbons (Fsp3) is 0.517. The molecule has 0 N–H and O–H groups in total. The van der Waals surface area contributed by atoms with Crippen LogP contribution in [0.4, 0.5) is 10.5 Å². The molecule has 7 heteroatoms. The molecule has 0 saturated carbocycles. The minimum atomic E-state index is -0.219. The Hall–Kier alpha value is -3.06. The molecule has 0 radical (unpaired) electrons. The van der Waals surface area contributed by atoms with Crippen molar-refractivity contribution in [1.29, 1.82) is 0 Å². The van der Waals surface area contributed by atoms with Gasteiger partial charge in [-0.05, 0) is 82.8 Å². The van der Waals surface area contributed by atoms with E-state index in [1.54, 1.807) is 4.90 Å². The summed E-state index contributed by atoms with van der Waals surface area (Å²) in [5, 5.41) is 4.57. The van der Waals surface area contributed by atoms with E-state index in [4.69, 9.17) is 4.74 Å². The predicted octanol–water partition coefficient (Wildman–Crippen LogP) is 5.26. The highest BCUT2D eigenvalue weighted by molar-refractivity contribution is 5.80. The Morgan fingerprint density at radius 2 is 1.61 bits per heavy atom. The zero-order chi connectivity index (χ0) is 25.2. The number of carbonyl (C=O) groups excluding carboxylic acids is 1. The summed E-state index contributed by atoms with van der Waals surface area (Å²) >= 11 is 0. The minimum absolute atomic E-state index is 0.0959. The normalized spacial score (nSPS) is 17.9. The van der Waals surface area contributed by atoms with E-state index in [1.807, 2.05) is 24.6 Å². The lowest BCUT2D eigenvalue weighted by molar-refractivity contribution is 0.0751. The number of aromatic nitrogens is 2. The Bertz CT molecular complexity index is 1170. The number of ether oxygens (including phenoxy) is 1. The second-order valence-corrected chi connectivity index (χ2v) is 10.7. The van der Waals surface area contributed by atoms with Crippen LogP contribution in [-0.4, -0.2) is 76.9 Å². The van der Waals surface area contributed by atoms with Gasteiger partial charge in [0.15, 0.2) is 0 Å². The van der Waals surface area contributed by atoms with E-state index < -0.39 is 0 Å². The van der Waals surface area contributed by atoms with Crippen LogP contribution in [0, 0.1) is 0 Å². The smallest absolute Gasteiger partial charge is 0.410 e. The van der Waals surface area contributed by atoms with Gasteiger partial charge in [-0.2, -0.15) is 5.10 Å². The molecule has 192 valence electrons. The van der Waals surface area contributed by atoms with Gasteiger partial charge in [0.25, 0.3) is 0 Å². The highest BCUT2D eigenvalue weighted by Crippen LogP contribution is 2.32. The van der Waals surface area contributed by atoms with Gasteiger partial charge < -0.3 is 19.4 Å².